The maximum atomic E-state index is 9.91. The van der Waals surface area contributed by atoms with Crippen molar-refractivity contribution in [3.63, 3.8) is 0 Å². The third-order valence-electron chi connectivity index (χ3n) is 2.72. The molecule has 0 aliphatic rings. The zero-order valence-electron chi connectivity index (χ0n) is 9.87. The van der Waals surface area contributed by atoms with E-state index in [0.29, 0.717) is 17.3 Å². The fourth-order valence-electron chi connectivity index (χ4n) is 1.69. The molecular formula is C14H13ClINO. The Balaban J connectivity index is 2.14. The van der Waals surface area contributed by atoms with Gasteiger partial charge in [-0.1, -0.05) is 29.8 Å². The van der Waals surface area contributed by atoms with E-state index in [-0.39, 0.29) is 0 Å². The minimum absolute atomic E-state index is 0.339. The Bertz CT molecular complexity index is 572. The van der Waals surface area contributed by atoms with Crippen LogP contribution in [0.25, 0.3) is 0 Å². The number of benzene rings is 2. The average Bonchev–Trinajstić information content (AvgIpc) is 2.33. The SMILES string of the molecule is Cc1cccc(CNc2ccc(I)cc2Cl)c1O. The summed E-state index contributed by atoms with van der Waals surface area (Å²) >= 11 is 8.36. The highest BCUT2D eigenvalue weighted by Gasteiger charge is 2.05. The quantitative estimate of drug-likeness (QED) is 0.773. The average molecular weight is 374 g/mol. The lowest BCUT2D eigenvalue weighted by atomic mass is 10.1. The highest BCUT2D eigenvalue weighted by atomic mass is 127. The first-order valence-electron chi connectivity index (χ1n) is 5.54. The van der Waals surface area contributed by atoms with E-state index >= 15 is 0 Å². The summed E-state index contributed by atoms with van der Waals surface area (Å²) in [4.78, 5) is 0. The highest BCUT2D eigenvalue weighted by Crippen LogP contribution is 2.26. The molecule has 0 aliphatic carbocycles. The summed E-state index contributed by atoms with van der Waals surface area (Å²) in [6.07, 6.45) is 0. The van der Waals surface area contributed by atoms with Gasteiger partial charge in [0.2, 0.25) is 0 Å². The third kappa shape index (κ3) is 3.09. The Kier molecular flexibility index (Phi) is 4.35. The Hall–Kier alpha value is -0.940. The molecule has 2 aromatic carbocycles. The van der Waals surface area contributed by atoms with E-state index in [1.165, 1.54) is 0 Å². The van der Waals surface area contributed by atoms with Gasteiger partial charge in [0.05, 0.1) is 10.7 Å². The molecule has 0 fully saturated rings. The zero-order chi connectivity index (χ0) is 13.1. The maximum Gasteiger partial charge on any atom is 0.123 e. The molecule has 0 atom stereocenters. The normalized spacial score (nSPS) is 10.4. The van der Waals surface area contributed by atoms with E-state index < -0.39 is 0 Å². The van der Waals surface area contributed by atoms with Crippen LogP contribution in [0, 0.1) is 10.5 Å². The number of aromatic hydroxyl groups is 1. The standard InChI is InChI=1S/C14H13ClINO/c1-9-3-2-4-10(14(9)18)8-17-13-6-5-11(16)7-12(13)15/h2-7,17-18H,8H2,1H3. The number of halogens is 2. The molecular weight excluding hydrogens is 361 g/mol. The molecule has 0 aliphatic heterocycles. The first kappa shape index (κ1) is 13.5. The second kappa shape index (κ2) is 5.80. The first-order chi connectivity index (χ1) is 8.58. The number of nitrogens with one attached hydrogen (secondary N) is 1. The molecule has 4 heteroatoms. The number of phenols is 1. The van der Waals surface area contributed by atoms with Crippen LogP contribution in [-0.4, -0.2) is 5.11 Å². The largest absolute Gasteiger partial charge is 0.507 e. The van der Waals surface area contributed by atoms with E-state index in [0.717, 1.165) is 20.4 Å². The molecule has 0 spiro atoms. The number of anilines is 1. The predicted molar refractivity (Wildman–Crippen MR) is 84.3 cm³/mol. The van der Waals surface area contributed by atoms with Crippen LogP contribution in [0.15, 0.2) is 36.4 Å². The van der Waals surface area contributed by atoms with Crippen LogP contribution in [0.5, 0.6) is 5.75 Å². The van der Waals surface area contributed by atoms with E-state index in [1.807, 2.05) is 43.3 Å². The van der Waals surface area contributed by atoms with E-state index in [1.54, 1.807) is 0 Å². The number of phenolic OH excluding ortho intramolecular Hbond substituents is 1. The lowest BCUT2D eigenvalue weighted by Crippen LogP contribution is -2.00. The summed E-state index contributed by atoms with van der Waals surface area (Å²) in [6.45, 7) is 2.44. The van der Waals surface area contributed by atoms with Crippen molar-refractivity contribution < 1.29 is 5.11 Å². The Morgan fingerprint density at radius 3 is 2.78 bits per heavy atom. The summed E-state index contributed by atoms with van der Waals surface area (Å²) in [5.74, 6) is 0.339. The van der Waals surface area contributed by atoms with Crippen LogP contribution in [0.3, 0.4) is 0 Å². The van der Waals surface area contributed by atoms with Crippen molar-refractivity contribution in [1.29, 1.82) is 0 Å². The van der Waals surface area contributed by atoms with Gasteiger partial charge in [-0.05, 0) is 53.3 Å². The fourth-order valence-corrected chi connectivity index (χ4v) is 2.61. The van der Waals surface area contributed by atoms with Crippen molar-refractivity contribution in [3.05, 3.63) is 56.1 Å². The minimum Gasteiger partial charge on any atom is -0.507 e. The number of rotatable bonds is 3. The van der Waals surface area contributed by atoms with Crippen molar-refractivity contribution in [2.24, 2.45) is 0 Å². The lowest BCUT2D eigenvalue weighted by Gasteiger charge is -2.11. The third-order valence-corrected chi connectivity index (χ3v) is 3.71. The van der Waals surface area contributed by atoms with Gasteiger partial charge in [0.15, 0.2) is 0 Å². The van der Waals surface area contributed by atoms with Gasteiger partial charge in [0, 0.05) is 15.7 Å². The Morgan fingerprint density at radius 1 is 1.28 bits per heavy atom. The van der Waals surface area contributed by atoms with E-state index in [4.69, 9.17) is 11.6 Å². The topological polar surface area (TPSA) is 32.3 Å². The van der Waals surface area contributed by atoms with Gasteiger partial charge in [-0.3, -0.25) is 0 Å². The second-order valence-electron chi connectivity index (χ2n) is 4.06. The molecule has 2 N–H and O–H groups in total. The van der Waals surface area contributed by atoms with Gasteiger partial charge in [-0.25, -0.2) is 0 Å². The lowest BCUT2D eigenvalue weighted by molar-refractivity contribution is 0.465. The van der Waals surface area contributed by atoms with Crippen molar-refractivity contribution in [1.82, 2.24) is 0 Å². The fraction of sp³-hybridized carbons (Fsp3) is 0.143. The minimum atomic E-state index is 0.339. The number of hydrogen-bond donors (Lipinski definition) is 2. The van der Waals surface area contributed by atoms with E-state index in [9.17, 15) is 5.11 Å². The van der Waals surface area contributed by atoms with Crippen LogP contribution in [0.4, 0.5) is 5.69 Å². The number of hydrogen-bond acceptors (Lipinski definition) is 2. The molecule has 2 rings (SSSR count). The molecule has 0 heterocycles. The Morgan fingerprint density at radius 2 is 2.06 bits per heavy atom. The molecule has 18 heavy (non-hydrogen) atoms. The van der Waals surface area contributed by atoms with Crippen LogP contribution < -0.4 is 5.32 Å². The molecule has 2 nitrogen and oxygen atoms in total. The van der Waals surface area contributed by atoms with Crippen molar-refractivity contribution >= 4 is 39.9 Å². The zero-order valence-corrected chi connectivity index (χ0v) is 12.8. The van der Waals surface area contributed by atoms with Crippen LogP contribution >= 0.6 is 34.2 Å². The predicted octanol–water partition coefficient (Wildman–Crippen LogP) is 4.57. The van der Waals surface area contributed by atoms with Crippen molar-refractivity contribution in [3.8, 4) is 5.75 Å². The molecule has 0 saturated carbocycles. The molecule has 0 amide bonds. The molecule has 0 radical (unpaired) electrons. The Labute approximate surface area is 125 Å². The molecule has 0 saturated heterocycles. The van der Waals surface area contributed by atoms with Crippen molar-refractivity contribution in [2.75, 3.05) is 5.32 Å². The van der Waals surface area contributed by atoms with Gasteiger partial charge in [0.25, 0.3) is 0 Å². The summed E-state index contributed by atoms with van der Waals surface area (Å²) in [5, 5.41) is 13.8. The summed E-state index contributed by atoms with van der Waals surface area (Å²) < 4.78 is 1.10. The van der Waals surface area contributed by atoms with Crippen LogP contribution in [-0.2, 0) is 6.54 Å². The van der Waals surface area contributed by atoms with Gasteiger partial charge in [0.1, 0.15) is 5.75 Å². The van der Waals surface area contributed by atoms with Gasteiger partial charge < -0.3 is 10.4 Å². The smallest absolute Gasteiger partial charge is 0.123 e. The molecule has 2 aromatic rings. The van der Waals surface area contributed by atoms with Crippen LogP contribution in [0.1, 0.15) is 11.1 Å². The first-order valence-corrected chi connectivity index (χ1v) is 7.00. The molecule has 94 valence electrons. The monoisotopic (exact) mass is 373 g/mol. The van der Waals surface area contributed by atoms with Crippen molar-refractivity contribution in [2.45, 2.75) is 13.5 Å². The molecule has 0 unspecified atom stereocenters. The maximum absolute atomic E-state index is 9.91. The highest BCUT2D eigenvalue weighted by molar-refractivity contribution is 14.1. The van der Waals surface area contributed by atoms with Gasteiger partial charge >= 0.3 is 0 Å². The van der Waals surface area contributed by atoms with E-state index in [2.05, 4.69) is 27.9 Å². The summed E-state index contributed by atoms with van der Waals surface area (Å²) in [5.41, 5.74) is 2.62. The van der Waals surface area contributed by atoms with Gasteiger partial charge in [-0.15, -0.1) is 0 Å². The number of para-hydroxylation sites is 1. The van der Waals surface area contributed by atoms with Gasteiger partial charge in [-0.2, -0.15) is 0 Å². The van der Waals surface area contributed by atoms with Crippen LogP contribution in [0.2, 0.25) is 5.02 Å². The summed E-state index contributed by atoms with van der Waals surface area (Å²) in [6, 6.07) is 11.6. The number of aryl methyl sites for hydroxylation is 1. The molecule has 0 bridgehead atoms. The molecule has 0 aromatic heterocycles. The summed E-state index contributed by atoms with van der Waals surface area (Å²) in [7, 11) is 0. The second-order valence-corrected chi connectivity index (χ2v) is 5.71.